The van der Waals surface area contributed by atoms with Crippen molar-refractivity contribution in [3.63, 3.8) is 0 Å². The fraction of sp³-hybridized carbons (Fsp3) is 0.654. The summed E-state index contributed by atoms with van der Waals surface area (Å²) in [5, 5.41) is 5.80. The van der Waals surface area contributed by atoms with Crippen LogP contribution in [0.3, 0.4) is 0 Å². The van der Waals surface area contributed by atoms with Gasteiger partial charge in [-0.1, -0.05) is 57.5 Å². The lowest BCUT2D eigenvalue weighted by atomic mass is 9.99. The third-order valence-electron chi connectivity index (χ3n) is 5.11. The summed E-state index contributed by atoms with van der Waals surface area (Å²) in [6.45, 7) is 15.5. The topological polar surface area (TPSA) is 87.7 Å². The van der Waals surface area contributed by atoms with Crippen molar-refractivity contribution in [2.45, 2.75) is 98.4 Å². The van der Waals surface area contributed by atoms with Crippen LogP contribution in [0.1, 0.15) is 86.3 Å². The van der Waals surface area contributed by atoms with Crippen LogP contribution in [0.25, 0.3) is 0 Å². The van der Waals surface area contributed by atoms with Gasteiger partial charge in [0.2, 0.25) is 11.8 Å². The molecule has 0 aromatic heterocycles. The van der Waals surface area contributed by atoms with Crippen LogP contribution >= 0.6 is 0 Å². The second-order valence-corrected chi connectivity index (χ2v) is 9.96. The Hall–Kier alpha value is -2.57. The van der Waals surface area contributed by atoms with E-state index in [1.165, 1.54) is 0 Å². The molecule has 0 heterocycles. The zero-order chi connectivity index (χ0) is 25.2. The third kappa shape index (κ3) is 9.84. The van der Waals surface area contributed by atoms with Gasteiger partial charge in [0.05, 0.1) is 0 Å². The highest BCUT2D eigenvalue weighted by Gasteiger charge is 2.36. The van der Waals surface area contributed by atoms with Crippen molar-refractivity contribution in [1.29, 1.82) is 0 Å². The number of nitrogens with one attached hydrogen (secondary N) is 2. The number of carbonyl (C=O) groups is 3. The van der Waals surface area contributed by atoms with Gasteiger partial charge in [-0.3, -0.25) is 9.59 Å². The first-order valence-corrected chi connectivity index (χ1v) is 12.0. The van der Waals surface area contributed by atoms with E-state index >= 15 is 0 Å². The minimum absolute atomic E-state index is 0.00568. The molecule has 0 aliphatic rings. The minimum Gasteiger partial charge on any atom is -0.444 e. The van der Waals surface area contributed by atoms with Gasteiger partial charge < -0.3 is 20.3 Å². The van der Waals surface area contributed by atoms with E-state index in [4.69, 9.17) is 4.74 Å². The molecule has 7 nitrogen and oxygen atoms in total. The quantitative estimate of drug-likeness (QED) is 0.494. The molecule has 3 atom stereocenters. The highest BCUT2D eigenvalue weighted by atomic mass is 16.6. The van der Waals surface area contributed by atoms with Gasteiger partial charge in [-0.2, -0.15) is 0 Å². The molecule has 0 aliphatic heterocycles. The molecule has 0 saturated heterocycles. The van der Waals surface area contributed by atoms with Gasteiger partial charge in [0.25, 0.3) is 0 Å². The van der Waals surface area contributed by atoms with Crippen LogP contribution in [0.15, 0.2) is 30.3 Å². The Balaban J connectivity index is 3.27. The van der Waals surface area contributed by atoms with Crippen LogP contribution < -0.4 is 10.6 Å². The number of hydrogen-bond acceptors (Lipinski definition) is 4. The number of ether oxygens (including phenoxy) is 1. The van der Waals surface area contributed by atoms with Crippen molar-refractivity contribution in [2.24, 2.45) is 5.92 Å². The predicted octanol–water partition coefficient (Wildman–Crippen LogP) is 4.82. The highest BCUT2D eigenvalue weighted by molar-refractivity contribution is 5.92. The van der Waals surface area contributed by atoms with E-state index in [1.807, 2.05) is 58.0 Å². The van der Waals surface area contributed by atoms with Crippen molar-refractivity contribution in [1.82, 2.24) is 15.5 Å². The number of amides is 3. The zero-order valence-electron chi connectivity index (χ0n) is 21.6. The van der Waals surface area contributed by atoms with Crippen molar-refractivity contribution in [3.8, 4) is 0 Å². The molecule has 1 rings (SSSR count). The van der Waals surface area contributed by atoms with Crippen molar-refractivity contribution in [2.75, 3.05) is 6.54 Å². The number of nitrogens with zero attached hydrogens (tertiary/aromatic N) is 1. The average Bonchev–Trinajstić information content (AvgIpc) is 2.69. The summed E-state index contributed by atoms with van der Waals surface area (Å²) in [6.07, 6.45) is 1.59. The monoisotopic (exact) mass is 461 g/mol. The maximum Gasteiger partial charge on any atom is 0.408 e. The molecule has 0 spiro atoms. The Bertz CT molecular complexity index is 759. The first kappa shape index (κ1) is 28.5. The number of rotatable bonds is 11. The van der Waals surface area contributed by atoms with Gasteiger partial charge in [0.15, 0.2) is 0 Å². The summed E-state index contributed by atoms with van der Waals surface area (Å²) >= 11 is 0. The van der Waals surface area contributed by atoms with E-state index in [1.54, 1.807) is 25.7 Å². The zero-order valence-corrected chi connectivity index (χ0v) is 21.6. The van der Waals surface area contributed by atoms with E-state index in [0.717, 1.165) is 18.4 Å². The maximum absolute atomic E-state index is 13.7. The smallest absolute Gasteiger partial charge is 0.408 e. The third-order valence-corrected chi connectivity index (χ3v) is 5.11. The summed E-state index contributed by atoms with van der Waals surface area (Å²) in [6, 6.07) is 7.69. The van der Waals surface area contributed by atoms with Crippen LogP contribution in [-0.4, -0.2) is 47.0 Å². The van der Waals surface area contributed by atoms with E-state index < -0.39 is 23.8 Å². The Morgan fingerprint density at radius 1 is 1.00 bits per heavy atom. The maximum atomic E-state index is 13.7. The molecular weight excluding hydrogens is 418 g/mol. The number of carbonyl (C=O) groups excluding carboxylic acids is 3. The summed E-state index contributed by atoms with van der Waals surface area (Å²) in [4.78, 5) is 41.1. The summed E-state index contributed by atoms with van der Waals surface area (Å²) in [7, 11) is 0. The van der Waals surface area contributed by atoms with E-state index in [0.29, 0.717) is 13.0 Å². The van der Waals surface area contributed by atoms with Gasteiger partial charge in [0, 0.05) is 12.6 Å². The number of alkyl carbamates (subject to hydrolysis) is 1. The lowest BCUT2D eigenvalue weighted by molar-refractivity contribution is -0.142. The fourth-order valence-electron chi connectivity index (χ4n) is 3.74. The molecule has 0 fully saturated rings. The number of benzene rings is 1. The first-order valence-electron chi connectivity index (χ1n) is 12.0. The van der Waals surface area contributed by atoms with Crippen molar-refractivity contribution >= 4 is 17.9 Å². The van der Waals surface area contributed by atoms with E-state index in [9.17, 15) is 14.4 Å². The molecule has 3 unspecified atom stereocenters. The molecule has 2 N–H and O–H groups in total. The number of hydrogen-bond donors (Lipinski definition) is 2. The molecule has 33 heavy (non-hydrogen) atoms. The Kier molecular flexibility index (Phi) is 11.4. The summed E-state index contributed by atoms with van der Waals surface area (Å²) < 4.78 is 5.39. The Morgan fingerprint density at radius 2 is 1.61 bits per heavy atom. The normalized spacial score (nSPS) is 14.2. The molecule has 1 aromatic rings. The Labute approximate surface area is 199 Å². The molecular formula is C26H43N3O4. The largest absolute Gasteiger partial charge is 0.444 e. The minimum atomic E-state index is -0.799. The van der Waals surface area contributed by atoms with Gasteiger partial charge >= 0.3 is 6.09 Å². The highest BCUT2D eigenvalue weighted by Crippen LogP contribution is 2.24. The standard InChI is InChI=1S/C26H43N3O4/c1-9-14-19(5)27-23(30)22(20-15-12-11-13-16-20)29(10-2)24(31)21(17-18(3)4)28-25(32)33-26(6,7)8/h11-13,15-16,18-19,21-22H,9-10,14,17H2,1-8H3,(H,27,30)(H,28,32). The SMILES string of the molecule is CCCC(C)NC(=O)C(c1ccccc1)N(CC)C(=O)C(CC(C)C)NC(=O)OC(C)(C)C. The lowest BCUT2D eigenvalue weighted by Crippen LogP contribution is -2.53. The second-order valence-electron chi connectivity index (χ2n) is 9.96. The summed E-state index contributed by atoms with van der Waals surface area (Å²) in [5.41, 5.74) is 0.0522. The van der Waals surface area contributed by atoms with E-state index in [2.05, 4.69) is 17.6 Å². The van der Waals surface area contributed by atoms with Crippen LogP contribution in [0.2, 0.25) is 0 Å². The fourth-order valence-corrected chi connectivity index (χ4v) is 3.74. The van der Waals surface area contributed by atoms with Crippen LogP contribution in [0.4, 0.5) is 4.79 Å². The molecule has 7 heteroatoms. The number of likely N-dealkylation sites (N-methyl/N-ethyl adjacent to an activating group) is 1. The van der Waals surface area contributed by atoms with Crippen molar-refractivity contribution in [3.05, 3.63) is 35.9 Å². The first-order chi connectivity index (χ1) is 15.4. The lowest BCUT2D eigenvalue weighted by Gasteiger charge is -2.34. The van der Waals surface area contributed by atoms with E-state index in [-0.39, 0.29) is 23.8 Å². The van der Waals surface area contributed by atoms with Gasteiger partial charge in [-0.15, -0.1) is 0 Å². The molecule has 186 valence electrons. The second kappa shape index (κ2) is 13.2. The van der Waals surface area contributed by atoms with Gasteiger partial charge in [-0.05, 0) is 58.9 Å². The average molecular weight is 462 g/mol. The molecule has 0 radical (unpaired) electrons. The van der Waals surface area contributed by atoms with Crippen LogP contribution in [0, 0.1) is 5.92 Å². The predicted molar refractivity (Wildman–Crippen MR) is 132 cm³/mol. The molecule has 0 aliphatic carbocycles. The van der Waals surface area contributed by atoms with Gasteiger partial charge in [0.1, 0.15) is 17.7 Å². The van der Waals surface area contributed by atoms with Crippen LogP contribution in [0.5, 0.6) is 0 Å². The molecule has 0 bridgehead atoms. The van der Waals surface area contributed by atoms with Gasteiger partial charge in [-0.25, -0.2) is 4.79 Å². The molecule has 1 aromatic carbocycles. The molecule has 3 amide bonds. The Morgan fingerprint density at radius 3 is 2.09 bits per heavy atom. The molecule has 0 saturated carbocycles. The summed E-state index contributed by atoms with van der Waals surface area (Å²) in [5.74, 6) is -0.372. The van der Waals surface area contributed by atoms with Crippen LogP contribution in [-0.2, 0) is 14.3 Å². The van der Waals surface area contributed by atoms with Crippen molar-refractivity contribution < 1.29 is 19.1 Å².